The molecule has 1 unspecified atom stereocenters. The molecule has 2 aromatic carbocycles. The van der Waals surface area contributed by atoms with Gasteiger partial charge >= 0.3 is 0 Å². The molecule has 21 heavy (non-hydrogen) atoms. The summed E-state index contributed by atoms with van der Waals surface area (Å²) in [5.74, 6) is -0.540. The lowest BCUT2D eigenvalue weighted by Crippen LogP contribution is -2.33. The summed E-state index contributed by atoms with van der Waals surface area (Å²) in [5.41, 5.74) is 1.67. The fourth-order valence-electron chi connectivity index (χ4n) is 2.42. The first-order chi connectivity index (χ1) is 10.1. The minimum Gasteiger partial charge on any atom is -0.314 e. The third-order valence-corrected chi connectivity index (χ3v) is 3.71. The second-order valence-corrected chi connectivity index (χ2v) is 5.44. The van der Waals surface area contributed by atoms with Gasteiger partial charge in [0.2, 0.25) is 0 Å². The van der Waals surface area contributed by atoms with Gasteiger partial charge in [-0.25, -0.2) is 8.78 Å². The average molecular weight is 310 g/mol. The van der Waals surface area contributed by atoms with Gasteiger partial charge in [-0.15, -0.1) is 0 Å². The standard InChI is InChI=1S/C17H18ClF2N/c1-2-21-16(9-12-4-3-5-14(19)8-12)11-13-10-15(20)6-7-17(13)18/h3-8,10,16,21H,2,9,11H2,1H3. The van der Waals surface area contributed by atoms with E-state index in [0.29, 0.717) is 17.9 Å². The van der Waals surface area contributed by atoms with Gasteiger partial charge in [0, 0.05) is 11.1 Å². The maximum absolute atomic E-state index is 13.3. The van der Waals surface area contributed by atoms with E-state index in [1.54, 1.807) is 12.1 Å². The molecule has 0 fully saturated rings. The van der Waals surface area contributed by atoms with E-state index in [0.717, 1.165) is 17.7 Å². The Morgan fingerprint density at radius 3 is 2.52 bits per heavy atom. The fraction of sp³-hybridized carbons (Fsp3) is 0.294. The molecule has 0 aliphatic heterocycles. The quantitative estimate of drug-likeness (QED) is 0.835. The normalized spacial score (nSPS) is 12.4. The average Bonchev–Trinajstić information content (AvgIpc) is 2.43. The van der Waals surface area contributed by atoms with Crippen LogP contribution < -0.4 is 5.32 Å². The van der Waals surface area contributed by atoms with Crippen LogP contribution in [0.5, 0.6) is 0 Å². The van der Waals surface area contributed by atoms with Crippen molar-refractivity contribution in [3.8, 4) is 0 Å². The third-order valence-electron chi connectivity index (χ3n) is 3.34. The van der Waals surface area contributed by atoms with Crippen LogP contribution in [0.15, 0.2) is 42.5 Å². The Morgan fingerprint density at radius 1 is 1.05 bits per heavy atom. The molecule has 0 heterocycles. The molecule has 1 N–H and O–H groups in total. The molecule has 0 spiro atoms. The molecule has 4 heteroatoms. The Morgan fingerprint density at radius 2 is 1.81 bits per heavy atom. The van der Waals surface area contributed by atoms with E-state index in [1.807, 2.05) is 13.0 Å². The molecule has 112 valence electrons. The van der Waals surface area contributed by atoms with Crippen molar-refractivity contribution in [2.45, 2.75) is 25.8 Å². The molecule has 1 nitrogen and oxygen atoms in total. The lowest BCUT2D eigenvalue weighted by molar-refractivity contribution is 0.517. The Hall–Kier alpha value is -1.45. The van der Waals surface area contributed by atoms with Gasteiger partial charge in [0.15, 0.2) is 0 Å². The molecule has 0 aliphatic carbocycles. The van der Waals surface area contributed by atoms with Gasteiger partial charge < -0.3 is 5.32 Å². The van der Waals surface area contributed by atoms with Crippen molar-refractivity contribution in [2.24, 2.45) is 0 Å². The van der Waals surface area contributed by atoms with Gasteiger partial charge in [-0.3, -0.25) is 0 Å². The van der Waals surface area contributed by atoms with E-state index >= 15 is 0 Å². The highest BCUT2D eigenvalue weighted by Gasteiger charge is 2.13. The van der Waals surface area contributed by atoms with E-state index in [-0.39, 0.29) is 17.7 Å². The monoisotopic (exact) mass is 309 g/mol. The van der Waals surface area contributed by atoms with E-state index < -0.39 is 0 Å². The molecule has 0 saturated heterocycles. The summed E-state index contributed by atoms with van der Waals surface area (Å²) in [7, 11) is 0. The zero-order valence-corrected chi connectivity index (χ0v) is 12.6. The smallest absolute Gasteiger partial charge is 0.123 e. The second-order valence-electron chi connectivity index (χ2n) is 5.03. The molecule has 0 aromatic heterocycles. The highest BCUT2D eigenvalue weighted by Crippen LogP contribution is 2.20. The molecular formula is C17H18ClF2N. The molecule has 1 atom stereocenters. The first kappa shape index (κ1) is 15.9. The van der Waals surface area contributed by atoms with Crippen LogP contribution >= 0.6 is 11.6 Å². The molecule has 0 aliphatic rings. The Kier molecular flexibility index (Phi) is 5.71. The van der Waals surface area contributed by atoms with Gasteiger partial charge in [-0.05, 0) is 60.8 Å². The van der Waals surface area contributed by atoms with Crippen molar-refractivity contribution in [3.63, 3.8) is 0 Å². The topological polar surface area (TPSA) is 12.0 Å². The van der Waals surface area contributed by atoms with Crippen molar-refractivity contribution in [2.75, 3.05) is 6.54 Å². The number of likely N-dealkylation sites (N-methyl/N-ethyl adjacent to an activating group) is 1. The molecule has 0 saturated carbocycles. The molecular weight excluding hydrogens is 292 g/mol. The molecule has 0 radical (unpaired) electrons. The lowest BCUT2D eigenvalue weighted by Gasteiger charge is -2.19. The lowest BCUT2D eigenvalue weighted by atomic mass is 9.98. The maximum atomic E-state index is 13.3. The summed E-state index contributed by atoms with van der Waals surface area (Å²) >= 11 is 6.11. The highest BCUT2D eigenvalue weighted by molar-refractivity contribution is 6.31. The van der Waals surface area contributed by atoms with Gasteiger partial charge in [0.1, 0.15) is 11.6 Å². The van der Waals surface area contributed by atoms with Crippen molar-refractivity contribution >= 4 is 11.6 Å². The Labute approximate surface area is 128 Å². The summed E-state index contributed by atoms with van der Waals surface area (Å²) in [6, 6.07) is 11.0. The molecule has 2 aromatic rings. The number of nitrogens with one attached hydrogen (secondary N) is 1. The van der Waals surface area contributed by atoms with Gasteiger partial charge in [-0.1, -0.05) is 30.7 Å². The van der Waals surface area contributed by atoms with Crippen LogP contribution in [-0.4, -0.2) is 12.6 Å². The van der Waals surface area contributed by atoms with Crippen molar-refractivity contribution < 1.29 is 8.78 Å². The van der Waals surface area contributed by atoms with Crippen LogP contribution in [-0.2, 0) is 12.8 Å². The number of hydrogen-bond donors (Lipinski definition) is 1. The molecule has 2 rings (SSSR count). The van der Waals surface area contributed by atoms with Crippen LogP contribution in [0.3, 0.4) is 0 Å². The number of halogens is 3. The fourth-order valence-corrected chi connectivity index (χ4v) is 2.61. The second kappa shape index (κ2) is 7.53. The maximum Gasteiger partial charge on any atom is 0.123 e. The van der Waals surface area contributed by atoms with E-state index in [4.69, 9.17) is 11.6 Å². The minimum absolute atomic E-state index is 0.0797. The summed E-state index contributed by atoms with van der Waals surface area (Å²) in [5, 5.41) is 3.90. The first-order valence-corrected chi connectivity index (χ1v) is 7.38. The van der Waals surface area contributed by atoms with Crippen LogP contribution in [0.2, 0.25) is 5.02 Å². The zero-order chi connectivity index (χ0) is 15.2. The van der Waals surface area contributed by atoms with Crippen LogP contribution in [0, 0.1) is 11.6 Å². The van der Waals surface area contributed by atoms with Crippen LogP contribution in [0.4, 0.5) is 8.78 Å². The number of rotatable bonds is 6. The van der Waals surface area contributed by atoms with Crippen molar-refractivity contribution in [1.29, 1.82) is 0 Å². The van der Waals surface area contributed by atoms with E-state index in [2.05, 4.69) is 5.32 Å². The van der Waals surface area contributed by atoms with Crippen molar-refractivity contribution in [1.82, 2.24) is 5.32 Å². The zero-order valence-electron chi connectivity index (χ0n) is 11.9. The van der Waals surface area contributed by atoms with Gasteiger partial charge in [0.25, 0.3) is 0 Å². The summed E-state index contributed by atoms with van der Waals surface area (Å²) < 4.78 is 26.6. The van der Waals surface area contributed by atoms with E-state index in [1.165, 1.54) is 24.3 Å². The summed E-state index contributed by atoms with van der Waals surface area (Å²) in [6.45, 7) is 2.79. The van der Waals surface area contributed by atoms with Crippen LogP contribution in [0.1, 0.15) is 18.1 Å². The Bertz CT molecular complexity index is 601. The third kappa shape index (κ3) is 4.80. The number of hydrogen-bond acceptors (Lipinski definition) is 1. The summed E-state index contributed by atoms with van der Waals surface area (Å²) in [4.78, 5) is 0. The van der Waals surface area contributed by atoms with E-state index in [9.17, 15) is 8.78 Å². The predicted octanol–water partition coefficient (Wildman–Crippen LogP) is 4.38. The van der Waals surface area contributed by atoms with Crippen LogP contribution in [0.25, 0.3) is 0 Å². The predicted molar refractivity (Wildman–Crippen MR) is 82.7 cm³/mol. The Balaban J connectivity index is 2.13. The van der Waals surface area contributed by atoms with Gasteiger partial charge in [0.05, 0.1) is 0 Å². The summed E-state index contributed by atoms with van der Waals surface area (Å²) in [6.07, 6.45) is 1.26. The highest BCUT2D eigenvalue weighted by atomic mass is 35.5. The minimum atomic E-state index is -0.296. The molecule has 0 bridgehead atoms. The van der Waals surface area contributed by atoms with Gasteiger partial charge in [-0.2, -0.15) is 0 Å². The van der Waals surface area contributed by atoms with Crippen molar-refractivity contribution in [3.05, 3.63) is 70.2 Å². The SMILES string of the molecule is CCNC(Cc1cccc(F)c1)Cc1cc(F)ccc1Cl. The largest absolute Gasteiger partial charge is 0.314 e. The molecule has 0 amide bonds. The number of benzene rings is 2. The first-order valence-electron chi connectivity index (χ1n) is 7.00.